The maximum Gasteiger partial charge on any atom is 0.232 e. The summed E-state index contributed by atoms with van der Waals surface area (Å²) in [6, 6.07) is 11.1. The maximum atomic E-state index is 14.0. The van der Waals surface area contributed by atoms with Crippen LogP contribution >= 0.6 is 11.6 Å². The second-order valence-electron chi connectivity index (χ2n) is 9.83. The molecule has 1 amide bonds. The molecule has 0 saturated carbocycles. The van der Waals surface area contributed by atoms with Gasteiger partial charge in [-0.3, -0.25) is 15.0 Å². The molecule has 35 heavy (non-hydrogen) atoms. The monoisotopic (exact) mass is 492 g/mol. The molecule has 0 unspecified atom stereocenters. The summed E-state index contributed by atoms with van der Waals surface area (Å²) in [5.41, 5.74) is 6.42. The Kier molecular flexibility index (Phi) is 6.09. The largest absolute Gasteiger partial charge is 0.341 e. The fraction of sp³-hybridized carbons (Fsp3) is 0.321. The number of nitrogens with zero attached hydrogens (tertiary/aromatic N) is 3. The lowest BCUT2D eigenvalue weighted by Gasteiger charge is -2.36. The zero-order valence-corrected chi connectivity index (χ0v) is 20.6. The van der Waals surface area contributed by atoms with E-state index in [-0.39, 0.29) is 11.7 Å². The molecule has 1 fully saturated rings. The number of aromatic nitrogens is 2. The highest BCUT2D eigenvalue weighted by molar-refractivity contribution is 6.30. The molecule has 3 heterocycles. The Balaban J connectivity index is 1.47. The van der Waals surface area contributed by atoms with E-state index in [1.54, 1.807) is 18.2 Å². The Hall–Kier alpha value is -3.25. The van der Waals surface area contributed by atoms with Gasteiger partial charge in [-0.2, -0.15) is 0 Å². The van der Waals surface area contributed by atoms with E-state index in [4.69, 9.17) is 11.6 Å². The minimum Gasteiger partial charge on any atom is -0.341 e. The minimum absolute atomic E-state index is 0.0610. The van der Waals surface area contributed by atoms with Crippen LogP contribution in [0.3, 0.4) is 0 Å². The van der Waals surface area contributed by atoms with Gasteiger partial charge in [-0.15, -0.1) is 0 Å². The molecule has 0 bridgehead atoms. The van der Waals surface area contributed by atoms with Crippen LogP contribution in [0.5, 0.6) is 0 Å². The molecule has 0 radical (unpaired) electrons. The molecule has 1 N–H and O–H groups in total. The summed E-state index contributed by atoms with van der Waals surface area (Å²) in [7, 11) is 0. The van der Waals surface area contributed by atoms with E-state index in [0.29, 0.717) is 24.5 Å². The van der Waals surface area contributed by atoms with Gasteiger partial charge in [0.25, 0.3) is 0 Å². The first-order valence-corrected chi connectivity index (χ1v) is 12.3. The lowest BCUT2D eigenvalue weighted by molar-refractivity contribution is -0.904. The molecule has 1 aliphatic heterocycles. The highest BCUT2D eigenvalue weighted by Gasteiger charge is 2.36. The number of piperidine rings is 1. The van der Waals surface area contributed by atoms with Crippen molar-refractivity contribution in [3.8, 4) is 0 Å². The van der Waals surface area contributed by atoms with E-state index in [1.165, 1.54) is 24.2 Å². The van der Waals surface area contributed by atoms with Gasteiger partial charge in [-0.05, 0) is 80.0 Å². The third kappa shape index (κ3) is 4.43. The first kappa shape index (κ1) is 23.5. The molecule has 1 aromatic carbocycles. The summed E-state index contributed by atoms with van der Waals surface area (Å²) in [6.45, 7) is 5.04. The Labute approximate surface area is 209 Å². The number of likely N-dealkylation sites (tertiary alicyclic amines) is 1. The molecule has 2 aromatic heterocycles. The number of aryl methyl sites for hydroxylation is 2. The molecular formula is C28H28ClFN3O2+. The van der Waals surface area contributed by atoms with Crippen molar-refractivity contribution in [2.24, 2.45) is 0 Å². The number of rotatable bonds is 2. The van der Waals surface area contributed by atoms with E-state index in [9.17, 15) is 14.4 Å². The molecule has 3 aromatic rings. The van der Waals surface area contributed by atoms with Crippen LogP contribution in [-0.2, 0) is 23.1 Å². The predicted molar refractivity (Wildman–Crippen MR) is 132 cm³/mol. The molecule has 1 saturated heterocycles. The SMILES string of the molecule is CC(C)(C(=O)N1CCC(=C2c3ccc(Cl)cc3CCc3cc(F)cnc32)CC1)c1cc[n+](O)cc1. The van der Waals surface area contributed by atoms with Crippen LogP contribution in [0.2, 0.25) is 5.02 Å². The van der Waals surface area contributed by atoms with Gasteiger partial charge in [-0.1, -0.05) is 23.2 Å². The third-order valence-corrected chi connectivity index (χ3v) is 7.48. The number of hydrogen-bond acceptors (Lipinski definition) is 3. The van der Waals surface area contributed by atoms with Crippen molar-refractivity contribution in [3.05, 3.63) is 99.3 Å². The van der Waals surface area contributed by atoms with Crippen LogP contribution < -0.4 is 4.73 Å². The van der Waals surface area contributed by atoms with Gasteiger partial charge >= 0.3 is 0 Å². The van der Waals surface area contributed by atoms with Crippen molar-refractivity contribution < 1.29 is 19.1 Å². The minimum atomic E-state index is -0.712. The number of hydrogen-bond donors (Lipinski definition) is 1. The normalized spacial score (nSPS) is 15.9. The highest BCUT2D eigenvalue weighted by Crippen LogP contribution is 2.39. The molecular weight excluding hydrogens is 465 g/mol. The third-order valence-electron chi connectivity index (χ3n) is 7.25. The van der Waals surface area contributed by atoms with Crippen LogP contribution in [0.1, 0.15) is 54.6 Å². The number of fused-ring (bicyclic) bond motifs is 2. The highest BCUT2D eigenvalue weighted by atomic mass is 35.5. The Morgan fingerprint density at radius 3 is 2.46 bits per heavy atom. The van der Waals surface area contributed by atoms with E-state index >= 15 is 0 Å². The topological polar surface area (TPSA) is 57.3 Å². The van der Waals surface area contributed by atoms with Crippen LogP contribution in [0, 0.1) is 5.82 Å². The fourth-order valence-corrected chi connectivity index (χ4v) is 5.44. The molecule has 5 rings (SSSR count). The van der Waals surface area contributed by atoms with Crippen LogP contribution in [0.15, 0.2) is 60.6 Å². The number of benzene rings is 1. The van der Waals surface area contributed by atoms with Crippen LogP contribution in [0.25, 0.3) is 5.57 Å². The number of carbonyl (C=O) groups is 1. The Bertz CT molecular complexity index is 1270. The summed E-state index contributed by atoms with van der Waals surface area (Å²) in [5.74, 6) is -0.266. The zero-order valence-electron chi connectivity index (χ0n) is 19.9. The van der Waals surface area contributed by atoms with Crippen molar-refractivity contribution in [1.82, 2.24) is 9.88 Å². The van der Waals surface area contributed by atoms with Gasteiger partial charge in [0.2, 0.25) is 18.3 Å². The average molecular weight is 493 g/mol. The molecule has 0 spiro atoms. The maximum absolute atomic E-state index is 14.0. The second-order valence-corrected chi connectivity index (χ2v) is 10.3. The summed E-state index contributed by atoms with van der Waals surface area (Å²) in [4.78, 5) is 19.9. The Morgan fingerprint density at radius 2 is 1.74 bits per heavy atom. The predicted octanol–water partition coefficient (Wildman–Crippen LogP) is 4.90. The van der Waals surface area contributed by atoms with Gasteiger partial charge in [0.15, 0.2) is 0 Å². The van der Waals surface area contributed by atoms with E-state index in [1.807, 2.05) is 36.9 Å². The smallest absolute Gasteiger partial charge is 0.232 e. The van der Waals surface area contributed by atoms with Gasteiger partial charge in [0, 0.05) is 40.5 Å². The van der Waals surface area contributed by atoms with Gasteiger partial charge in [0.05, 0.1) is 17.3 Å². The molecule has 7 heteroatoms. The van der Waals surface area contributed by atoms with Gasteiger partial charge in [-0.25, -0.2) is 4.39 Å². The van der Waals surface area contributed by atoms with E-state index in [0.717, 1.165) is 57.5 Å². The fourth-order valence-electron chi connectivity index (χ4n) is 5.25. The first-order valence-electron chi connectivity index (χ1n) is 11.9. The summed E-state index contributed by atoms with van der Waals surface area (Å²) < 4.78 is 15.0. The molecule has 180 valence electrons. The van der Waals surface area contributed by atoms with Crippen molar-refractivity contribution in [2.45, 2.75) is 44.9 Å². The summed E-state index contributed by atoms with van der Waals surface area (Å²) >= 11 is 6.30. The molecule has 0 atom stereocenters. The van der Waals surface area contributed by atoms with Crippen molar-refractivity contribution in [3.63, 3.8) is 0 Å². The average Bonchev–Trinajstić information content (AvgIpc) is 3.00. The Morgan fingerprint density at radius 1 is 1.06 bits per heavy atom. The number of halogens is 2. The summed E-state index contributed by atoms with van der Waals surface area (Å²) in [6.07, 6.45) is 7.28. The standard InChI is InChI=1S/C28H28ClFN3O2/c1-28(2,21-9-13-33(35)14-10-21)27(34)32-11-7-18(8-12-32)25-24-6-5-22(29)15-19(24)3-4-20-16-23(30)17-31-26(20)25/h5-6,9-10,13-17,35H,3-4,7-8,11-12H2,1-2H3/q+1. The molecule has 2 aliphatic rings. The number of amides is 1. The number of carbonyl (C=O) groups excluding carboxylic acids is 1. The lowest BCUT2D eigenvalue weighted by atomic mass is 9.82. The zero-order chi connectivity index (χ0) is 24.7. The van der Waals surface area contributed by atoms with Crippen molar-refractivity contribution in [2.75, 3.05) is 13.1 Å². The first-order chi connectivity index (χ1) is 16.7. The quantitative estimate of drug-likeness (QED) is 0.409. The molecule has 1 aliphatic carbocycles. The second kappa shape index (κ2) is 9.08. The van der Waals surface area contributed by atoms with E-state index < -0.39 is 5.41 Å². The number of pyridine rings is 2. The van der Waals surface area contributed by atoms with Crippen LogP contribution in [-0.4, -0.2) is 34.1 Å². The van der Waals surface area contributed by atoms with Crippen LogP contribution in [0.4, 0.5) is 4.39 Å². The summed E-state index contributed by atoms with van der Waals surface area (Å²) in [5, 5.41) is 10.2. The molecule has 5 nitrogen and oxygen atoms in total. The van der Waals surface area contributed by atoms with E-state index in [2.05, 4.69) is 4.98 Å². The van der Waals surface area contributed by atoms with Gasteiger partial charge in [0.1, 0.15) is 5.82 Å². The van der Waals surface area contributed by atoms with Crippen molar-refractivity contribution in [1.29, 1.82) is 0 Å². The lowest BCUT2D eigenvalue weighted by Crippen LogP contribution is -2.46. The van der Waals surface area contributed by atoms with Crippen molar-refractivity contribution >= 4 is 23.1 Å². The van der Waals surface area contributed by atoms with Gasteiger partial charge < -0.3 is 4.90 Å².